The molecule has 180 valence electrons. The molecule has 0 unspecified atom stereocenters. The first-order valence-electron chi connectivity index (χ1n) is 12.0. The van der Waals surface area contributed by atoms with Crippen molar-refractivity contribution in [3.8, 4) is 5.75 Å². The van der Waals surface area contributed by atoms with Gasteiger partial charge >= 0.3 is 0 Å². The van der Waals surface area contributed by atoms with E-state index in [9.17, 15) is 9.90 Å². The first-order chi connectivity index (χ1) is 16.0. The second-order valence-corrected chi connectivity index (χ2v) is 10.5. The van der Waals surface area contributed by atoms with Crippen LogP contribution in [0.15, 0.2) is 41.8 Å². The fourth-order valence-electron chi connectivity index (χ4n) is 4.37. The van der Waals surface area contributed by atoms with Crippen LogP contribution in [0.4, 0.5) is 0 Å². The fourth-order valence-corrected chi connectivity index (χ4v) is 5.30. The number of fused-ring (bicyclic) bond motifs is 1. The van der Waals surface area contributed by atoms with Crippen molar-refractivity contribution in [1.82, 2.24) is 9.80 Å². The molecule has 1 N–H and O–H groups in total. The van der Waals surface area contributed by atoms with E-state index in [1.807, 2.05) is 49.1 Å². The monoisotopic (exact) mass is 472 g/mol. The summed E-state index contributed by atoms with van der Waals surface area (Å²) in [6, 6.07) is 11.8. The number of hydrogen-bond donors (Lipinski definition) is 1. The molecule has 0 saturated heterocycles. The molecular weight excluding hydrogens is 436 g/mol. The minimum Gasteiger partial charge on any atom is -0.491 e. The maximum atomic E-state index is 13.5. The third kappa shape index (κ3) is 7.03. The molecule has 1 aromatic carbocycles. The maximum absolute atomic E-state index is 13.5. The molecular formula is C26H36N2O4S. The minimum absolute atomic E-state index is 0.0803. The highest BCUT2D eigenvalue weighted by Gasteiger charge is 2.34. The van der Waals surface area contributed by atoms with Crippen molar-refractivity contribution < 1.29 is 19.4 Å². The van der Waals surface area contributed by atoms with Gasteiger partial charge in [-0.1, -0.05) is 18.2 Å². The lowest BCUT2D eigenvalue weighted by atomic mass is 10.0. The Morgan fingerprint density at radius 2 is 2.03 bits per heavy atom. The summed E-state index contributed by atoms with van der Waals surface area (Å²) < 4.78 is 11.7. The lowest BCUT2D eigenvalue weighted by Crippen LogP contribution is -2.48. The van der Waals surface area contributed by atoms with Gasteiger partial charge in [-0.15, -0.1) is 11.3 Å². The first kappa shape index (κ1) is 24.2. The summed E-state index contributed by atoms with van der Waals surface area (Å²) >= 11 is 1.76. The van der Waals surface area contributed by atoms with E-state index in [1.54, 1.807) is 11.3 Å². The van der Waals surface area contributed by atoms with Crippen molar-refractivity contribution in [2.45, 2.75) is 51.4 Å². The minimum atomic E-state index is -0.596. The number of carbonyl (C=O) groups excluding carboxylic acids is 1. The van der Waals surface area contributed by atoms with Gasteiger partial charge in [-0.25, -0.2) is 0 Å². The van der Waals surface area contributed by atoms with Gasteiger partial charge in [-0.2, -0.15) is 0 Å². The van der Waals surface area contributed by atoms with E-state index in [2.05, 4.69) is 16.3 Å². The van der Waals surface area contributed by atoms with Crippen LogP contribution in [0.5, 0.6) is 5.75 Å². The number of nitrogens with zero attached hydrogens (tertiary/aromatic N) is 2. The molecule has 1 amide bonds. The Balaban J connectivity index is 1.42. The van der Waals surface area contributed by atoms with Crippen LogP contribution in [-0.2, 0) is 16.0 Å². The molecule has 1 aliphatic heterocycles. The zero-order valence-electron chi connectivity index (χ0n) is 19.7. The number of para-hydroxylation sites is 1. The predicted octanol–water partition coefficient (Wildman–Crippen LogP) is 3.75. The normalized spacial score (nSPS) is 19.1. The first-order valence-corrected chi connectivity index (χ1v) is 12.9. The van der Waals surface area contributed by atoms with Gasteiger partial charge < -0.3 is 19.5 Å². The average Bonchev–Trinajstić information content (AvgIpc) is 3.48. The topological polar surface area (TPSA) is 62.2 Å². The van der Waals surface area contributed by atoms with E-state index in [4.69, 9.17) is 9.47 Å². The van der Waals surface area contributed by atoms with E-state index in [0.717, 1.165) is 18.7 Å². The van der Waals surface area contributed by atoms with Crippen molar-refractivity contribution in [2.75, 3.05) is 39.4 Å². The smallest absolute Gasteiger partial charge is 0.237 e. The Morgan fingerprint density at radius 3 is 2.76 bits per heavy atom. The molecule has 2 atom stereocenters. The van der Waals surface area contributed by atoms with Gasteiger partial charge in [-0.05, 0) is 68.2 Å². The Hall–Kier alpha value is -1.93. The Labute approximate surface area is 201 Å². The molecule has 6 nitrogen and oxygen atoms in total. The number of thiophene rings is 1. The third-order valence-corrected chi connectivity index (χ3v) is 7.23. The number of amides is 1. The summed E-state index contributed by atoms with van der Waals surface area (Å²) in [6.45, 7) is 6.98. The zero-order chi connectivity index (χ0) is 23.2. The number of aliphatic hydroxyl groups is 1. The molecule has 33 heavy (non-hydrogen) atoms. The van der Waals surface area contributed by atoms with Crippen LogP contribution in [0, 0.1) is 5.92 Å². The molecule has 4 rings (SSSR count). The summed E-state index contributed by atoms with van der Waals surface area (Å²) in [5.74, 6) is 1.56. The van der Waals surface area contributed by atoms with Crippen molar-refractivity contribution in [1.29, 1.82) is 0 Å². The van der Waals surface area contributed by atoms with E-state index in [-0.39, 0.29) is 18.1 Å². The summed E-state index contributed by atoms with van der Waals surface area (Å²) in [5, 5.41) is 12.6. The predicted molar refractivity (Wildman–Crippen MR) is 131 cm³/mol. The largest absolute Gasteiger partial charge is 0.491 e. The van der Waals surface area contributed by atoms with Crippen LogP contribution in [0.2, 0.25) is 0 Å². The Bertz CT molecular complexity index is 883. The van der Waals surface area contributed by atoms with Crippen LogP contribution in [0.1, 0.15) is 43.2 Å². The van der Waals surface area contributed by atoms with Crippen molar-refractivity contribution in [2.24, 2.45) is 5.92 Å². The number of carbonyl (C=O) groups is 1. The molecule has 2 aromatic rings. The summed E-state index contributed by atoms with van der Waals surface area (Å²) in [4.78, 5) is 19.0. The van der Waals surface area contributed by atoms with Gasteiger partial charge in [0.15, 0.2) is 0 Å². The molecule has 1 saturated carbocycles. The molecule has 2 heterocycles. The second-order valence-electron chi connectivity index (χ2n) is 9.45. The van der Waals surface area contributed by atoms with Gasteiger partial charge in [0.25, 0.3) is 0 Å². The van der Waals surface area contributed by atoms with E-state index >= 15 is 0 Å². The summed E-state index contributed by atoms with van der Waals surface area (Å²) in [7, 11) is 0. The lowest BCUT2D eigenvalue weighted by Gasteiger charge is -2.37. The number of rotatable bonds is 12. The van der Waals surface area contributed by atoms with E-state index in [0.29, 0.717) is 38.8 Å². The zero-order valence-corrected chi connectivity index (χ0v) is 20.5. The molecule has 2 aliphatic rings. The van der Waals surface area contributed by atoms with Crippen LogP contribution < -0.4 is 4.74 Å². The van der Waals surface area contributed by atoms with E-state index in [1.165, 1.54) is 23.3 Å². The molecule has 1 aromatic heterocycles. The van der Waals surface area contributed by atoms with Crippen LogP contribution >= 0.6 is 11.3 Å². The number of ether oxygens (including phenoxy) is 2. The second kappa shape index (κ2) is 11.5. The SMILES string of the molecule is CC(C)OC[C@@H](O)CN(CC(=O)N1CCc2sccc2[C@@H]1COc1ccccc1)CC1CC1. The molecule has 0 spiro atoms. The van der Waals surface area contributed by atoms with Crippen molar-refractivity contribution >= 4 is 17.2 Å². The fraction of sp³-hybridized carbons (Fsp3) is 0.577. The highest BCUT2D eigenvalue weighted by Crippen LogP contribution is 2.34. The highest BCUT2D eigenvalue weighted by atomic mass is 32.1. The number of aliphatic hydroxyl groups excluding tert-OH is 1. The Kier molecular flexibility index (Phi) is 8.41. The Morgan fingerprint density at radius 1 is 1.24 bits per heavy atom. The van der Waals surface area contributed by atoms with Gasteiger partial charge in [0, 0.05) is 24.5 Å². The highest BCUT2D eigenvalue weighted by molar-refractivity contribution is 7.10. The maximum Gasteiger partial charge on any atom is 0.237 e. The quantitative estimate of drug-likeness (QED) is 0.510. The van der Waals surface area contributed by atoms with Gasteiger partial charge in [-0.3, -0.25) is 9.69 Å². The standard InChI is InChI=1S/C26H36N2O4S/c1-19(2)31-17-21(29)15-27(14-20-8-9-20)16-26(30)28-12-10-25-23(11-13-33-25)24(28)18-32-22-6-4-3-5-7-22/h3-7,11,13,19-21,24,29H,8-10,12,14-18H2,1-2H3/t21-,24-/m0/s1. The van der Waals surface area contributed by atoms with Crippen LogP contribution in [0.3, 0.4) is 0 Å². The van der Waals surface area contributed by atoms with E-state index < -0.39 is 6.10 Å². The molecule has 7 heteroatoms. The molecule has 0 bridgehead atoms. The van der Waals surface area contributed by atoms with Gasteiger partial charge in [0.2, 0.25) is 5.91 Å². The van der Waals surface area contributed by atoms with Crippen molar-refractivity contribution in [3.05, 3.63) is 52.2 Å². The van der Waals surface area contributed by atoms with Gasteiger partial charge in [0.1, 0.15) is 12.4 Å². The molecule has 0 radical (unpaired) electrons. The summed E-state index contributed by atoms with van der Waals surface area (Å²) in [6.07, 6.45) is 2.78. The number of benzene rings is 1. The van der Waals surface area contributed by atoms with Crippen molar-refractivity contribution in [3.63, 3.8) is 0 Å². The lowest BCUT2D eigenvalue weighted by molar-refractivity contribution is -0.136. The van der Waals surface area contributed by atoms with Crippen LogP contribution in [0.25, 0.3) is 0 Å². The molecule has 1 fully saturated rings. The number of hydrogen-bond acceptors (Lipinski definition) is 6. The average molecular weight is 473 g/mol. The van der Waals surface area contributed by atoms with Gasteiger partial charge in [0.05, 0.1) is 31.4 Å². The third-order valence-electron chi connectivity index (χ3n) is 6.23. The molecule has 1 aliphatic carbocycles. The summed E-state index contributed by atoms with van der Waals surface area (Å²) in [5.41, 5.74) is 1.20. The van der Waals surface area contributed by atoms with Crippen LogP contribution in [-0.4, -0.2) is 72.4 Å².